The Hall–Kier alpha value is -3.42. The predicted molar refractivity (Wildman–Crippen MR) is 162 cm³/mol. The number of hydrogen-bond donors (Lipinski definition) is 0. The van der Waals surface area contributed by atoms with Crippen LogP contribution in [0.25, 0.3) is 11.4 Å². The van der Waals surface area contributed by atoms with Crippen LogP contribution in [0.15, 0.2) is 42.9 Å². The van der Waals surface area contributed by atoms with Crippen molar-refractivity contribution in [2.75, 3.05) is 0 Å². The van der Waals surface area contributed by atoms with Gasteiger partial charge in [0.15, 0.2) is 5.82 Å². The maximum atomic E-state index is 14.7. The third-order valence-corrected chi connectivity index (χ3v) is 8.19. The van der Waals surface area contributed by atoms with Gasteiger partial charge in [-0.2, -0.15) is 4.39 Å². The van der Waals surface area contributed by atoms with Crippen molar-refractivity contribution in [3.8, 4) is 22.9 Å². The number of unbranched alkanes of at least 4 members (excludes halogenated alkanes) is 7. The van der Waals surface area contributed by atoms with Gasteiger partial charge in [-0.1, -0.05) is 71.6 Å². The van der Waals surface area contributed by atoms with Crippen molar-refractivity contribution in [1.82, 2.24) is 19.9 Å². The Morgan fingerprint density at radius 3 is 2.17 bits per heavy atom. The standard InChI is InChI=1S/C34H45FN4O3/c1-3-5-7-8-9-11-13-26-22-36-32(37-23-26)27-18-20-29(21-19-27)41-34(40)42-30-24-38-33(39-31(30)35)28-16-14-25(15-17-28)12-10-6-4-2/h18-25,28H,3-17H2,1-2H3. The van der Waals surface area contributed by atoms with Crippen LogP contribution in [0.4, 0.5) is 9.18 Å². The fourth-order valence-corrected chi connectivity index (χ4v) is 5.64. The number of carbonyl (C=O) groups excluding carboxylic acids is 1. The minimum absolute atomic E-state index is 0.141. The van der Waals surface area contributed by atoms with Gasteiger partial charge in [-0.25, -0.2) is 24.7 Å². The Kier molecular flexibility index (Phi) is 12.7. The van der Waals surface area contributed by atoms with Crippen LogP contribution in [-0.2, 0) is 6.42 Å². The van der Waals surface area contributed by atoms with Crippen LogP contribution >= 0.6 is 0 Å². The Morgan fingerprint density at radius 2 is 1.48 bits per heavy atom. The van der Waals surface area contributed by atoms with Gasteiger partial charge in [0.1, 0.15) is 11.6 Å². The van der Waals surface area contributed by atoms with Gasteiger partial charge in [0.05, 0.1) is 6.20 Å². The van der Waals surface area contributed by atoms with Crippen LogP contribution in [0, 0.1) is 11.9 Å². The second-order valence-electron chi connectivity index (χ2n) is 11.5. The lowest BCUT2D eigenvalue weighted by Crippen LogP contribution is -2.18. The Labute approximate surface area is 249 Å². The highest BCUT2D eigenvalue weighted by molar-refractivity contribution is 5.67. The van der Waals surface area contributed by atoms with E-state index in [4.69, 9.17) is 9.47 Å². The molecule has 3 aromatic rings. The highest BCUT2D eigenvalue weighted by Gasteiger charge is 2.25. The van der Waals surface area contributed by atoms with Crippen molar-refractivity contribution in [2.24, 2.45) is 5.92 Å². The van der Waals surface area contributed by atoms with Gasteiger partial charge in [-0.15, -0.1) is 0 Å². The zero-order valence-corrected chi connectivity index (χ0v) is 25.2. The lowest BCUT2D eigenvalue weighted by atomic mass is 9.79. The molecule has 2 aromatic heterocycles. The van der Waals surface area contributed by atoms with Crippen molar-refractivity contribution in [3.63, 3.8) is 0 Å². The van der Waals surface area contributed by atoms with E-state index in [0.29, 0.717) is 11.6 Å². The first-order valence-electron chi connectivity index (χ1n) is 15.9. The molecule has 42 heavy (non-hydrogen) atoms. The highest BCUT2D eigenvalue weighted by atomic mass is 19.1. The zero-order valence-electron chi connectivity index (χ0n) is 25.2. The summed E-state index contributed by atoms with van der Waals surface area (Å²) in [5.74, 6) is 1.03. The molecule has 7 nitrogen and oxygen atoms in total. The summed E-state index contributed by atoms with van der Waals surface area (Å²) in [6, 6.07) is 6.78. The summed E-state index contributed by atoms with van der Waals surface area (Å²) < 4.78 is 25.0. The average Bonchev–Trinajstić information content (AvgIpc) is 3.01. The highest BCUT2D eigenvalue weighted by Crippen LogP contribution is 2.37. The first-order chi connectivity index (χ1) is 20.6. The van der Waals surface area contributed by atoms with E-state index in [9.17, 15) is 9.18 Å². The zero-order chi connectivity index (χ0) is 29.6. The number of rotatable bonds is 15. The van der Waals surface area contributed by atoms with E-state index in [1.54, 1.807) is 24.3 Å². The molecule has 0 unspecified atom stereocenters. The number of hydrogen-bond acceptors (Lipinski definition) is 7. The van der Waals surface area contributed by atoms with Crippen LogP contribution < -0.4 is 9.47 Å². The largest absolute Gasteiger partial charge is 0.519 e. The molecular weight excluding hydrogens is 531 g/mol. The topological polar surface area (TPSA) is 87.1 Å². The van der Waals surface area contributed by atoms with Crippen LogP contribution in [0.5, 0.6) is 11.5 Å². The molecule has 1 fully saturated rings. The van der Waals surface area contributed by atoms with Crippen LogP contribution in [-0.4, -0.2) is 26.1 Å². The van der Waals surface area contributed by atoms with Gasteiger partial charge in [0.25, 0.3) is 5.95 Å². The number of aromatic nitrogens is 4. The molecule has 1 saturated carbocycles. The Bertz CT molecular complexity index is 1230. The van der Waals surface area contributed by atoms with E-state index in [0.717, 1.165) is 55.6 Å². The van der Waals surface area contributed by atoms with Crippen LogP contribution in [0.1, 0.15) is 121 Å². The maximum Gasteiger partial charge on any atom is 0.519 e. The van der Waals surface area contributed by atoms with Crippen molar-refractivity contribution in [1.29, 1.82) is 0 Å². The van der Waals surface area contributed by atoms with E-state index >= 15 is 0 Å². The summed E-state index contributed by atoms with van der Waals surface area (Å²) >= 11 is 0. The monoisotopic (exact) mass is 576 g/mol. The molecule has 0 radical (unpaired) electrons. The number of halogens is 1. The summed E-state index contributed by atoms with van der Waals surface area (Å²) in [7, 11) is 0. The minimum Gasteiger partial charge on any atom is -0.395 e. The molecule has 0 amide bonds. The lowest BCUT2D eigenvalue weighted by Gasteiger charge is -2.27. The van der Waals surface area contributed by atoms with Gasteiger partial charge < -0.3 is 9.47 Å². The molecule has 1 aliphatic carbocycles. The third kappa shape index (κ3) is 9.85. The second kappa shape index (κ2) is 16.9. The van der Waals surface area contributed by atoms with E-state index in [1.807, 2.05) is 12.4 Å². The molecule has 0 N–H and O–H groups in total. The summed E-state index contributed by atoms with van der Waals surface area (Å²) in [5.41, 5.74) is 1.93. The molecule has 1 aliphatic rings. The number of aryl methyl sites for hydroxylation is 1. The predicted octanol–water partition coefficient (Wildman–Crippen LogP) is 9.41. The van der Waals surface area contributed by atoms with Crippen molar-refractivity contribution in [2.45, 2.75) is 116 Å². The normalized spacial score (nSPS) is 16.7. The molecule has 0 bridgehead atoms. The molecule has 2 heterocycles. The molecule has 1 aromatic carbocycles. The Balaban J connectivity index is 1.22. The quantitative estimate of drug-likeness (QED) is 0.0770. The Morgan fingerprint density at radius 1 is 0.810 bits per heavy atom. The molecule has 0 atom stereocenters. The average molecular weight is 577 g/mol. The van der Waals surface area contributed by atoms with Crippen LogP contribution in [0.2, 0.25) is 0 Å². The molecule has 8 heteroatoms. The van der Waals surface area contributed by atoms with Gasteiger partial charge in [0.2, 0.25) is 5.75 Å². The van der Waals surface area contributed by atoms with Gasteiger partial charge in [0, 0.05) is 23.9 Å². The molecular formula is C34H45FN4O3. The maximum absolute atomic E-state index is 14.7. The van der Waals surface area contributed by atoms with Gasteiger partial charge in [-0.3, -0.25) is 0 Å². The van der Waals surface area contributed by atoms with Gasteiger partial charge >= 0.3 is 6.16 Å². The number of carbonyl (C=O) groups is 1. The van der Waals surface area contributed by atoms with Crippen molar-refractivity contribution >= 4 is 6.16 Å². The molecule has 0 spiro atoms. The number of nitrogens with zero attached hydrogens (tertiary/aromatic N) is 4. The molecule has 0 aliphatic heterocycles. The molecule has 4 rings (SSSR count). The smallest absolute Gasteiger partial charge is 0.395 e. The van der Waals surface area contributed by atoms with Gasteiger partial charge in [-0.05, 0) is 74.3 Å². The molecule has 226 valence electrons. The first kappa shape index (κ1) is 31.5. The van der Waals surface area contributed by atoms with E-state index in [2.05, 4.69) is 33.8 Å². The summed E-state index contributed by atoms with van der Waals surface area (Å²) in [4.78, 5) is 29.6. The SMILES string of the molecule is CCCCCCCCc1cnc(-c2ccc(OC(=O)Oc3cnc(C4CCC(CCCCC)CC4)nc3F)cc2)nc1. The second-order valence-corrected chi connectivity index (χ2v) is 11.5. The van der Waals surface area contributed by atoms with E-state index in [1.165, 1.54) is 64.0 Å². The van der Waals surface area contributed by atoms with Crippen molar-refractivity contribution < 1.29 is 18.7 Å². The number of benzene rings is 1. The third-order valence-electron chi connectivity index (χ3n) is 8.19. The van der Waals surface area contributed by atoms with Crippen molar-refractivity contribution in [3.05, 3.63) is 60.2 Å². The molecule has 0 saturated heterocycles. The number of ether oxygens (including phenoxy) is 2. The first-order valence-corrected chi connectivity index (χ1v) is 15.9. The fraction of sp³-hybridized carbons (Fsp3) is 0.559. The fourth-order valence-electron chi connectivity index (χ4n) is 5.64. The van der Waals surface area contributed by atoms with E-state index in [-0.39, 0.29) is 17.4 Å². The summed E-state index contributed by atoms with van der Waals surface area (Å²) in [5, 5.41) is 0. The minimum atomic E-state index is -1.05. The van der Waals surface area contributed by atoms with E-state index < -0.39 is 12.1 Å². The summed E-state index contributed by atoms with van der Waals surface area (Å²) in [6.07, 6.45) is 21.7. The van der Waals surface area contributed by atoms with Crippen LogP contribution in [0.3, 0.4) is 0 Å². The lowest BCUT2D eigenvalue weighted by molar-refractivity contribution is 0.149. The summed E-state index contributed by atoms with van der Waals surface area (Å²) in [6.45, 7) is 4.45.